The van der Waals surface area contributed by atoms with Gasteiger partial charge in [-0.05, 0) is 37.3 Å². The third-order valence-corrected chi connectivity index (χ3v) is 4.84. The van der Waals surface area contributed by atoms with Crippen LogP contribution in [0.1, 0.15) is 45.1 Å². The first-order valence-corrected chi connectivity index (χ1v) is 7.99. The summed E-state index contributed by atoms with van der Waals surface area (Å²) in [6.45, 7) is 5.22. The predicted molar refractivity (Wildman–Crippen MR) is 85.9 cm³/mol. The number of hydrogen-bond acceptors (Lipinski definition) is 2. The number of carbonyl (C=O) groups is 1. The molecule has 0 amide bonds. The number of rotatable bonds is 5. The average Bonchev–Trinajstić information content (AvgIpc) is 2.46. The molecule has 1 saturated carbocycles. The van der Waals surface area contributed by atoms with E-state index in [2.05, 4.69) is 25.2 Å². The minimum Gasteiger partial charge on any atom is -0.481 e. The van der Waals surface area contributed by atoms with Gasteiger partial charge < -0.3 is 10.4 Å². The third-order valence-electron chi connectivity index (χ3n) is 4.51. The Kier molecular flexibility index (Phi) is 5.28. The minimum atomic E-state index is -0.648. The number of benzene rings is 1. The average molecular weight is 310 g/mol. The van der Waals surface area contributed by atoms with E-state index in [4.69, 9.17) is 16.7 Å². The first-order valence-electron chi connectivity index (χ1n) is 7.61. The molecule has 1 aromatic carbocycles. The first kappa shape index (κ1) is 16.3. The molecule has 0 unspecified atom stereocenters. The summed E-state index contributed by atoms with van der Waals surface area (Å²) in [6.07, 6.45) is 3.43. The van der Waals surface area contributed by atoms with Gasteiger partial charge >= 0.3 is 5.97 Å². The van der Waals surface area contributed by atoms with Gasteiger partial charge in [0.05, 0.1) is 5.92 Å². The van der Waals surface area contributed by atoms with Crippen LogP contribution in [-0.4, -0.2) is 23.7 Å². The van der Waals surface area contributed by atoms with Gasteiger partial charge in [0.25, 0.3) is 0 Å². The van der Waals surface area contributed by atoms with Crippen LogP contribution in [0.25, 0.3) is 0 Å². The van der Waals surface area contributed by atoms with Crippen molar-refractivity contribution in [1.29, 1.82) is 0 Å². The van der Waals surface area contributed by atoms with E-state index in [1.165, 1.54) is 0 Å². The summed E-state index contributed by atoms with van der Waals surface area (Å²) in [5, 5.41) is 13.4. The summed E-state index contributed by atoms with van der Waals surface area (Å²) in [4.78, 5) is 11.0. The van der Waals surface area contributed by atoms with Crippen LogP contribution in [0.15, 0.2) is 24.3 Å². The van der Waals surface area contributed by atoms with Crippen molar-refractivity contribution < 1.29 is 9.90 Å². The SMILES string of the molecule is CC(C)(CNC1CCC(C(=O)O)CC1)c1ccccc1Cl. The summed E-state index contributed by atoms with van der Waals surface area (Å²) in [5.41, 5.74) is 1.11. The molecule has 0 bridgehead atoms. The molecule has 116 valence electrons. The highest BCUT2D eigenvalue weighted by molar-refractivity contribution is 6.31. The van der Waals surface area contributed by atoms with Crippen LogP contribution in [-0.2, 0) is 10.2 Å². The highest BCUT2D eigenvalue weighted by Crippen LogP contribution is 2.30. The molecule has 3 nitrogen and oxygen atoms in total. The van der Waals surface area contributed by atoms with Gasteiger partial charge in [-0.1, -0.05) is 43.6 Å². The van der Waals surface area contributed by atoms with Crippen molar-refractivity contribution >= 4 is 17.6 Å². The summed E-state index contributed by atoms with van der Waals surface area (Å²) in [5.74, 6) is -0.801. The molecule has 0 radical (unpaired) electrons. The molecular weight excluding hydrogens is 286 g/mol. The Morgan fingerprint density at radius 3 is 2.48 bits per heavy atom. The van der Waals surface area contributed by atoms with Crippen LogP contribution >= 0.6 is 11.6 Å². The van der Waals surface area contributed by atoms with E-state index in [1.54, 1.807) is 0 Å². The topological polar surface area (TPSA) is 49.3 Å². The number of carboxylic acids is 1. The lowest BCUT2D eigenvalue weighted by atomic mass is 9.82. The zero-order valence-corrected chi connectivity index (χ0v) is 13.5. The Morgan fingerprint density at radius 2 is 1.90 bits per heavy atom. The Bertz CT molecular complexity index is 493. The van der Waals surface area contributed by atoms with Crippen LogP contribution < -0.4 is 5.32 Å². The maximum absolute atomic E-state index is 11.0. The number of carboxylic acid groups (broad SMARTS) is 1. The number of nitrogens with one attached hydrogen (secondary N) is 1. The Balaban J connectivity index is 1.88. The van der Waals surface area contributed by atoms with E-state index in [0.29, 0.717) is 6.04 Å². The maximum Gasteiger partial charge on any atom is 0.306 e. The molecule has 0 aromatic heterocycles. The zero-order valence-electron chi connectivity index (χ0n) is 12.7. The Morgan fingerprint density at radius 1 is 1.29 bits per heavy atom. The fraction of sp³-hybridized carbons (Fsp3) is 0.588. The van der Waals surface area contributed by atoms with E-state index in [9.17, 15) is 4.79 Å². The van der Waals surface area contributed by atoms with Gasteiger partial charge in [0, 0.05) is 23.0 Å². The number of hydrogen-bond donors (Lipinski definition) is 2. The van der Waals surface area contributed by atoms with Crippen LogP contribution in [0.4, 0.5) is 0 Å². The number of halogens is 1. The summed E-state index contributed by atoms with van der Waals surface area (Å²) < 4.78 is 0. The molecule has 4 heteroatoms. The van der Waals surface area contributed by atoms with Crippen LogP contribution in [0.5, 0.6) is 0 Å². The second-order valence-electron chi connectivity index (χ2n) is 6.63. The first-order chi connectivity index (χ1) is 9.90. The fourth-order valence-corrected chi connectivity index (χ4v) is 3.44. The molecule has 0 aliphatic heterocycles. The smallest absolute Gasteiger partial charge is 0.306 e. The lowest BCUT2D eigenvalue weighted by molar-refractivity contribution is -0.142. The largest absolute Gasteiger partial charge is 0.481 e. The van der Waals surface area contributed by atoms with E-state index in [1.807, 2.05) is 18.2 Å². The molecule has 0 atom stereocenters. The van der Waals surface area contributed by atoms with E-state index < -0.39 is 5.97 Å². The number of aliphatic carboxylic acids is 1. The predicted octanol–water partition coefficient (Wildman–Crippen LogP) is 3.85. The minimum absolute atomic E-state index is 0.0397. The van der Waals surface area contributed by atoms with Gasteiger partial charge in [-0.2, -0.15) is 0 Å². The second-order valence-corrected chi connectivity index (χ2v) is 7.04. The highest BCUT2D eigenvalue weighted by Gasteiger charge is 2.28. The van der Waals surface area contributed by atoms with Gasteiger partial charge in [0.1, 0.15) is 0 Å². The molecule has 1 aliphatic rings. The fourth-order valence-electron chi connectivity index (χ4n) is 3.05. The van der Waals surface area contributed by atoms with Crippen molar-refractivity contribution in [3.63, 3.8) is 0 Å². The summed E-state index contributed by atoms with van der Waals surface area (Å²) in [6, 6.07) is 8.38. The van der Waals surface area contributed by atoms with Crippen molar-refractivity contribution in [2.45, 2.75) is 51.0 Å². The van der Waals surface area contributed by atoms with Crippen molar-refractivity contribution in [2.75, 3.05) is 6.54 Å². The van der Waals surface area contributed by atoms with Crippen molar-refractivity contribution in [1.82, 2.24) is 5.32 Å². The van der Waals surface area contributed by atoms with Crippen LogP contribution in [0, 0.1) is 5.92 Å². The quantitative estimate of drug-likeness (QED) is 0.868. The maximum atomic E-state index is 11.0. The lowest BCUT2D eigenvalue weighted by Crippen LogP contribution is -2.41. The molecule has 1 aromatic rings. The lowest BCUT2D eigenvalue weighted by Gasteiger charge is -2.32. The molecule has 0 spiro atoms. The van der Waals surface area contributed by atoms with Gasteiger partial charge in [-0.15, -0.1) is 0 Å². The zero-order chi connectivity index (χ0) is 15.5. The normalized spacial score (nSPS) is 23.0. The highest BCUT2D eigenvalue weighted by atomic mass is 35.5. The monoisotopic (exact) mass is 309 g/mol. The molecule has 21 heavy (non-hydrogen) atoms. The molecule has 0 heterocycles. The molecule has 2 rings (SSSR count). The van der Waals surface area contributed by atoms with Gasteiger partial charge in [0.15, 0.2) is 0 Å². The second kappa shape index (κ2) is 6.80. The summed E-state index contributed by atoms with van der Waals surface area (Å²) >= 11 is 6.29. The van der Waals surface area contributed by atoms with E-state index in [0.717, 1.165) is 42.8 Å². The van der Waals surface area contributed by atoms with Crippen molar-refractivity contribution in [3.8, 4) is 0 Å². The molecule has 0 saturated heterocycles. The molecule has 1 aliphatic carbocycles. The van der Waals surface area contributed by atoms with Crippen LogP contribution in [0.2, 0.25) is 5.02 Å². The molecular formula is C17H24ClNO2. The Labute approximate surface area is 131 Å². The summed E-state index contributed by atoms with van der Waals surface area (Å²) in [7, 11) is 0. The standard InChI is InChI=1S/C17H24ClNO2/c1-17(2,14-5-3-4-6-15(14)18)11-19-13-9-7-12(8-10-13)16(20)21/h3-6,12-13,19H,7-11H2,1-2H3,(H,20,21). The van der Waals surface area contributed by atoms with E-state index >= 15 is 0 Å². The van der Waals surface area contributed by atoms with Crippen molar-refractivity contribution in [3.05, 3.63) is 34.9 Å². The van der Waals surface area contributed by atoms with Crippen molar-refractivity contribution in [2.24, 2.45) is 5.92 Å². The molecule has 1 fully saturated rings. The Hall–Kier alpha value is -1.06. The third kappa shape index (κ3) is 4.21. The van der Waals surface area contributed by atoms with Gasteiger partial charge in [-0.3, -0.25) is 4.79 Å². The van der Waals surface area contributed by atoms with Gasteiger partial charge in [0.2, 0.25) is 0 Å². The van der Waals surface area contributed by atoms with Gasteiger partial charge in [-0.25, -0.2) is 0 Å². The van der Waals surface area contributed by atoms with Crippen LogP contribution in [0.3, 0.4) is 0 Å². The molecule has 2 N–H and O–H groups in total. The van der Waals surface area contributed by atoms with E-state index in [-0.39, 0.29) is 11.3 Å².